The van der Waals surface area contributed by atoms with Crippen molar-refractivity contribution in [2.24, 2.45) is 5.10 Å². The van der Waals surface area contributed by atoms with Crippen LogP contribution < -0.4 is 5.43 Å². The number of carbonyl (C=O) groups excluding carboxylic acids is 1. The van der Waals surface area contributed by atoms with E-state index in [0.717, 1.165) is 25.8 Å². The number of aromatic nitrogens is 2. The minimum absolute atomic E-state index is 0.146. The van der Waals surface area contributed by atoms with E-state index in [1.807, 2.05) is 50.2 Å². The second kappa shape index (κ2) is 7.55. The van der Waals surface area contributed by atoms with Crippen LogP contribution in [-0.2, 0) is 4.79 Å². The molecule has 0 aliphatic heterocycles. The second-order valence-corrected chi connectivity index (χ2v) is 7.74. The molecule has 1 N–H and O–H groups in total. The Labute approximate surface area is 148 Å². The van der Waals surface area contributed by atoms with Gasteiger partial charge in [0.05, 0.1) is 21.2 Å². The molecule has 122 valence electrons. The number of para-hydroxylation sites is 1. The Morgan fingerprint density at radius 1 is 1.25 bits per heavy atom. The molecule has 1 amide bonds. The quantitative estimate of drug-likeness (QED) is 0.430. The largest absolute Gasteiger partial charge is 0.272 e. The number of benzene rings is 1. The van der Waals surface area contributed by atoms with E-state index in [4.69, 9.17) is 0 Å². The smallest absolute Gasteiger partial charge is 0.253 e. The number of fused-ring (bicyclic) bond motifs is 1. The van der Waals surface area contributed by atoms with Crippen molar-refractivity contribution in [1.82, 2.24) is 15.4 Å². The summed E-state index contributed by atoms with van der Waals surface area (Å²) in [4.78, 5) is 20.7. The molecule has 0 radical (unpaired) electrons. The molecule has 0 saturated heterocycles. The lowest BCUT2D eigenvalue weighted by molar-refractivity contribution is -0.120. The number of nitrogens with zero attached hydrogens (tertiary/aromatic N) is 3. The predicted octanol–water partition coefficient (Wildman–Crippen LogP) is 3.71. The van der Waals surface area contributed by atoms with Gasteiger partial charge in [0.25, 0.3) is 5.91 Å². The Morgan fingerprint density at radius 2 is 2.00 bits per heavy atom. The molecule has 5 nitrogen and oxygen atoms in total. The lowest BCUT2D eigenvalue weighted by Crippen LogP contribution is -2.27. The Morgan fingerprint density at radius 3 is 2.75 bits per heavy atom. The highest BCUT2D eigenvalue weighted by Gasteiger charge is 2.16. The maximum atomic E-state index is 12.2. The highest BCUT2D eigenvalue weighted by atomic mass is 32.2. The third-order valence-electron chi connectivity index (χ3n) is 3.35. The minimum atomic E-state index is -0.278. The zero-order valence-electron chi connectivity index (χ0n) is 13.3. The fourth-order valence-corrected chi connectivity index (χ4v) is 4.20. The number of hydrazone groups is 1. The first-order valence-corrected chi connectivity index (χ1v) is 9.10. The highest BCUT2D eigenvalue weighted by molar-refractivity contribution is 8.02. The molecule has 1 atom stereocenters. The van der Waals surface area contributed by atoms with E-state index in [0.29, 0.717) is 0 Å². The van der Waals surface area contributed by atoms with E-state index in [9.17, 15) is 4.79 Å². The van der Waals surface area contributed by atoms with Crippen molar-refractivity contribution >= 4 is 44.9 Å². The highest BCUT2D eigenvalue weighted by Crippen LogP contribution is 2.31. The van der Waals surface area contributed by atoms with Crippen LogP contribution in [0.25, 0.3) is 10.2 Å². The summed E-state index contributed by atoms with van der Waals surface area (Å²) in [5.41, 5.74) is 5.25. The number of rotatable bonds is 5. The zero-order valence-corrected chi connectivity index (χ0v) is 14.9. The number of hydrogen-bond acceptors (Lipinski definition) is 6. The molecule has 0 aliphatic rings. The van der Waals surface area contributed by atoms with E-state index >= 15 is 0 Å². The molecule has 1 unspecified atom stereocenters. The molecule has 3 rings (SSSR count). The Hall–Kier alpha value is -2.25. The van der Waals surface area contributed by atoms with Crippen molar-refractivity contribution in [1.29, 1.82) is 0 Å². The van der Waals surface area contributed by atoms with Gasteiger partial charge in [0.1, 0.15) is 0 Å². The third-order valence-corrected chi connectivity index (χ3v) is 5.58. The number of thioether (sulfide) groups is 1. The standard InChI is InChI=1S/C17H16N4OS2/c1-11(13-7-9-18-10-8-13)20-21-16(22)12(2)23-17-19-14-5-3-4-6-15(14)24-17/h3-10,12H,1-2H3,(H,21,22). The van der Waals surface area contributed by atoms with Gasteiger partial charge in [0, 0.05) is 18.0 Å². The Kier molecular flexibility index (Phi) is 5.22. The van der Waals surface area contributed by atoms with Gasteiger partial charge in [-0.3, -0.25) is 9.78 Å². The number of hydrogen-bond donors (Lipinski definition) is 1. The topological polar surface area (TPSA) is 67.2 Å². The monoisotopic (exact) mass is 356 g/mol. The molecule has 0 fully saturated rings. The molecular weight excluding hydrogens is 340 g/mol. The zero-order chi connectivity index (χ0) is 16.9. The number of thiazole rings is 1. The van der Waals surface area contributed by atoms with Crippen LogP contribution in [-0.4, -0.2) is 26.8 Å². The Balaban J connectivity index is 1.62. The summed E-state index contributed by atoms with van der Waals surface area (Å²) in [6.07, 6.45) is 3.39. The van der Waals surface area contributed by atoms with Gasteiger partial charge in [-0.1, -0.05) is 23.9 Å². The molecular formula is C17H16N4OS2. The fourth-order valence-electron chi connectivity index (χ4n) is 1.99. The molecule has 0 spiro atoms. The maximum absolute atomic E-state index is 12.2. The van der Waals surface area contributed by atoms with Gasteiger partial charge >= 0.3 is 0 Å². The lowest BCUT2D eigenvalue weighted by Gasteiger charge is -2.08. The Bertz CT molecular complexity index is 843. The first-order valence-electron chi connectivity index (χ1n) is 7.40. The average Bonchev–Trinajstić information content (AvgIpc) is 3.02. The summed E-state index contributed by atoms with van der Waals surface area (Å²) in [6.45, 7) is 3.70. The number of carbonyl (C=O) groups is 1. The van der Waals surface area contributed by atoms with E-state index < -0.39 is 0 Å². The van der Waals surface area contributed by atoms with Crippen LogP contribution in [0.1, 0.15) is 19.4 Å². The summed E-state index contributed by atoms with van der Waals surface area (Å²) in [7, 11) is 0. The molecule has 3 aromatic rings. The van der Waals surface area contributed by atoms with Gasteiger partial charge in [-0.25, -0.2) is 10.4 Å². The molecule has 24 heavy (non-hydrogen) atoms. The van der Waals surface area contributed by atoms with Crippen LogP contribution in [0.4, 0.5) is 0 Å². The van der Waals surface area contributed by atoms with E-state index in [-0.39, 0.29) is 11.2 Å². The lowest BCUT2D eigenvalue weighted by atomic mass is 10.2. The van der Waals surface area contributed by atoms with Crippen LogP contribution in [0.2, 0.25) is 0 Å². The van der Waals surface area contributed by atoms with Crippen molar-refractivity contribution in [2.45, 2.75) is 23.4 Å². The minimum Gasteiger partial charge on any atom is -0.272 e. The van der Waals surface area contributed by atoms with Crippen molar-refractivity contribution in [3.8, 4) is 0 Å². The van der Waals surface area contributed by atoms with Gasteiger partial charge in [-0.05, 0) is 38.1 Å². The van der Waals surface area contributed by atoms with E-state index in [1.54, 1.807) is 23.7 Å². The van der Waals surface area contributed by atoms with Crippen LogP contribution in [0.15, 0.2) is 58.2 Å². The average molecular weight is 356 g/mol. The normalized spacial score (nSPS) is 13.0. The molecule has 0 saturated carbocycles. The first kappa shape index (κ1) is 16.6. The number of amides is 1. The van der Waals surface area contributed by atoms with Crippen molar-refractivity contribution < 1.29 is 4.79 Å². The van der Waals surface area contributed by atoms with E-state index in [2.05, 4.69) is 20.5 Å². The predicted molar refractivity (Wildman–Crippen MR) is 99.5 cm³/mol. The SMILES string of the molecule is CC(=NNC(=O)C(C)Sc1nc2ccccc2s1)c1ccncc1. The van der Waals surface area contributed by atoms with Gasteiger partial charge in [0.2, 0.25) is 0 Å². The summed E-state index contributed by atoms with van der Waals surface area (Å²) < 4.78 is 2.01. The van der Waals surface area contributed by atoms with Gasteiger partial charge in [0.15, 0.2) is 4.34 Å². The molecule has 0 aliphatic carbocycles. The second-order valence-electron chi connectivity index (χ2n) is 5.12. The number of nitrogens with one attached hydrogen (secondary N) is 1. The number of pyridine rings is 1. The molecule has 1 aromatic carbocycles. The summed E-state index contributed by atoms with van der Waals surface area (Å²) in [5, 5.41) is 3.88. The van der Waals surface area contributed by atoms with Gasteiger partial charge in [-0.2, -0.15) is 5.10 Å². The summed E-state index contributed by atoms with van der Waals surface area (Å²) in [6, 6.07) is 11.7. The van der Waals surface area contributed by atoms with Crippen molar-refractivity contribution in [3.05, 3.63) is 54.4 Å². The van der Waals surface area contributed by atoms with Crippen molar-refractivity contribution in [2.75, 3.05) is 0 Å². The fraction of sp³-hybridized carbons (Fsp3) is 0.176. The van der Waals surface area contributed by atoms with Crippen LogP contribution >= 0.6 is 23.1 Å². The maximum Gasteiger partial charge on any atom is 0.253 e. The van der Waals surface area contributed by atoms with E-state index in [1.165, 1.54) is 11.8 Å². The van der Waals surface area contributed by atoms with Crippen LogP contribution in [0.3, 0.4) is 0 Å². The first-order chi connectivity index (χ1) is 11.6. The summed E-state index contributed by atoms with van der Waals surface area (Å²) in [5.74, 6) is -0.146. The van der Waals surface area contributed by atoms with Gasteiger partial charge in [-0.15, -0.1) is 11.3 Å². The summed E-state index contributed by atoms with van der Waals surface area (Å²) >= 11 is 3.03. The molecule has 2 aromatic heterocycles. The van der Waals surface area contributed by atoms with Crippen molar-refractivity contribution in [3.63, 3.8) is 0 Å². The molecule has 7 heteroatoms. The molecule has 0 bridgehead atoms. The third kappa shape index (κ3) is 3.98. The van der Waals surface area contributed by atoms with Crippen LogP contribution in [0, 0.1) is 0 Å². The molecule has 2 heterocycles. The van der Waals surface area contributed by atoms with Crippen LogP contribution in [0.5, 0.6) is 0 Å². The van der Waals surface area contributed by atoms with Gasteiger partial charge < -0.3 is 0 Å².